The molecular formula is C14H20ClIN2O. The number of hydrogen-bond donors (Lipinski definition) is 1. The first-order chi connectivity index (χ1) is 9.06. The van der Waals surface area contributed by atoms with E-state index in [2.05, 4.69) is 52.7 Å². The van der Waals surface area contributed by atoms with Gasteiger partial charge in [-0.1, -0.05) is 11.6 Å². The standard InChI is InChI=1S/C14H20ClIN2O/c1-10(2)18-5-6-19-12(9-18)8-17-14-4-3-11(16)7-13(14)15/h3-4,7,10,12,17H,5-6,8-9H2,1-2H3. The highest BCUT2D eigenvalue weighted by molar-refractivity contribution is 14.1. The second-order valence-electron chi connectivity index (χ2n) is 5.09. The van der Waals surface area contributed by atoms with Crippen molar-refractivity contribution in [2.45, 2.75) is 26.0 Å². The molecule has 0 bridgehead atoms. The van der Waals surface area contributed by atoms with Crippen LogP contribution in [0, 0.1) is 3.57 Å². The quantitative estimate of drug-likeness (QED) is 0.792. The van der Waals surface area contributed by atoms with E-state index in [0.717, 1.165) is 40.5 Å². The molecule has 2 rings (SSSR count). The van der Waals surface area contributed by atoms with Crippen molar-refractivity contribution < 1.29 is 4.74 Å². The van der Waals surface area contributed by atoms with Gasteiger partial charge in [0.2, 0.25) is 0 Å². The Kier molecular flexibility index (Phi) is 5.74. The monoisotopic (exact) mass is 394 g/mol. The van der Waals surface area contributed by atoms with Crippen molar-refractivity contribution in [3.05, 3.63) is 26.8 Å². The van der Waals surface area contributed by atoms with Gasteiger partial charge in [-0.15, -0.1) is 0 Å². The largest absolute Gasteiger partial charge is 0.381 e. The summed E-state index contributed by atoms with van der Waals surface area (Å²) in [4.78, 5) is 2.45. The van der Waals surface area contributed by atoms with Gasteiger partial charge in [0, 0.05) is 29.2 Å². The number of ether oxygens (including phenoxy) is 1. The van der Waals surface area contributed by atoms with Gasteiger partial charge in [-0.05, 0) is 54.6 Å². The molecule has 1 N–H and O–H groups in total. The first-order valence-electron chi connectivity index (χ1n) is 6.61. The maximum Gasteiger partial charge on any atom is 0.0874 e. The molecular weight excluding hydrogens is 375 g/mol. The van der Waals surface area contributed by atoms with Gasteiger partial charge in [0.1, 0.15) is 0 Å². The minimum absolute atomic E-state index is 0.228. The zero-order valence-corrected chi connectivity index (χ0v) is 14.2. The molecule has 1 unspecified atom stereocenters. The molecule has 1 aromatic carbocycles. The first-order valence-corrected chi connectivity index (χ1v) is 8.06. The van der Waals surface area contributed by atoms with E-state index >= 15 is 0 Å². The van der Waals surface area contributed by atoms with Gasteiger partial charge in [-0.2, -0.15) is 0 Å². The van der Waals surface area contributed by atoms with Gasteiger partial charge in [-0.3, -0.25) is 4.90 Å². The van der Waals surface area contributed by atoms with Gasteiger partial charge in [-0.25, -0.2) is 0 Å². The molecule has 1 aliphatic rings. The third-order valence-corrected chi connectivity index (χ3v) is 4.34. The van der Waals surface area contributed by atoms with Crippen LogP contribution in [-0.2, 0) is 4.74 Å². The lowest BCUT2D eigenvalue weighted by molar-refractivity contribution is -0.0315. The molecule has 1 heterocycles. The maximum atomic E-state index is 6.21. The summed E-state index contributed by atoms with van der Waals surface area (Å²) in [5.74, 6) is 0. The number of hydrogen-bond acceptors (Lipinski definition) is 3. The van der Waals surface area contributed by atoms with Crippen LogP contribution in [0.4, 0.5) is 5.69 Å². The second kappa shape index (κ2) is 7.11. The van der Waals surface area contributed by atoms with Gasteiger partial charge in [0.25, 0.3) is 0 Å². The van der Waals surface area contributed by atoms with Crippen LogP contribution in [0.25, 0.3) is 0 Å². The van der Waals surface area contributed by atoms with Crippen molar-refractivity contribution in [3.8, 4) is 0 Å². The van der Waals surface area contributed by atoms with Gasteiger partial charge < -0.3 is 10.1 Å². The summed E-state index contributed by atoms with van der Waals surface area (Å²) in [6, 6.07) is 6.62. The molecule has 1 aliphatic heterocycles. The Balaban J connectivity index is 1.88. The van der Waals surface area contributed by atoms with Crippen LogP contribution in [0.15, 0.2) is 18.2 Å². The topological polar surface area (TPSA) is 24.5 Å². The minimum atomic E-state index is 0.228. The number of nitrogens with zero attached hydrogens (tertiary/aromatic N) is 1. The molecule has 0 radical (unpaired) electrons. The summed E-state index contributed by atoms with van der Waals surface area (Å²) in [7, 11) is 0. The Morgan fingerprint density at radius 3 is 3.00 bits per heavy atom. The zero-order valence-electron chi connectivity index (χ0n) is 11.3. The molecule has 0 aromatic heterocycles. The van der Waals surface area contributed by atoms with Crippen LogP contribution in [0.2, 0.25) is 5.02 Å². The summed E-state index contributed by atoms with van der Waals surface area (Å²) >= 11 is 8.47. The Bertz CT molecular complexity index is 428. The minimum Gasteiger partial charge on any atom is -0.381 e. The van der Waals surface area contributed by atoms with E-state index in [0.29, 0.717) is 6.04 Å². The molecule has 3 nitrogen and oxygen atoms in total. The van der Waals surface area contributed by atoms with Gasteiger partial charge >= 0.3 is 0 Å². The molecule has 1 atom stereocenters. The molecule has 0 spiro atoms. The zero-order chi connectivity index (χ0) is 13.8. The van der Waals surface area contributed by atoms with E-state index in [1.54, 1.807) is 0 Å². The van der Waals surface area contributed by atoms with Gasteiger partial charge in [0.15, 0.2) is 0 Å². The highest BCUT2D eigenvalue weighted by Crippen LogP contribution is 2.24. The molecule has 0 amide bonds. The lowest BCUT2D eigenvalue weighted by Crippen LogP contribution is -2.48. The molecule has 106 valence electrons. The van der Waals surface area contributed by atoms with Crippen LogP contribution in [0.3, 0.4) is 0 Å². The first kappa shape index (κ1) is 15.4. The predicted octanol–water partition coefficient (Wildman–Crippen LogP) is 3.47. The average molecular weight is 395 g/mol. The van der Waals surface area contributed by atoms with Crippen molar-refractivity contribution in [1.82, 2.24) is 4.90 Å². The Labute approximate surface area is 133 Å². The average Bonchev–Trinajstić information content (AvgIpc) is 2.38. The summed E-state index contributed by atoms with van der Waals surface area (Å²) < 4.78 is 6.94. The molecule has 19 heavy (non-hydrogen) atoms. The van der Waals surface area contributed by atoms with Crippen molar-refractivity contribution >= 4 is 39.9 Å². The summed E-state index contributed by atoms with van der Waals surface area (Å²) in [6.45, 7) is 8.07. The van der Waals surface area contributed by atoms with Crippen LogP contribution in [0.1, 0.15) is 13.8 Å². The number of rotatable bonds is 4. The number of nitrogens with one attached hydrogen (secondary N) is 1. The molecule has 1 fully saturated rings. The maximum absolute atomic E-state index is 6.21. The normalized spacial score (nSPS) is 20.8. The fraction of sp³-hybridized carbons (Fsp3) is 0.571. The van der Waals surface area contributed by atoms with E-state index in [-0.39, 0.29) is 6.10 Å². The van der Waals surface area contributed by atoms with E-state index in [4.69, 9.17) is 16.3 Å². The number of benzene rings is 1. The summed E-state index contributed by atoms with van der Waals surface area (Å²) in [5, 5.41) is 4.15. The highest BCUT2D eigenvalue weighted by Gasteiger charge is 2.22. The van der Waals surface area contributed by atoms with Crippen LogP contribution in [-0.4, -0.2) is 43.3 Å². The number of anilines is 1. The van der Waals surface area contributed by atoms with Crippen LogP contribution < -0.4 is 5.32 Å². The van der Waals surface area contributed by atoms with Crippen molar-refractivity contribution in [3.63, 3.8) is 0 Å². The fourth-order valence-electron chi connectivity index (χ4n) is 2.19. The lowest BCUT2D eigenvalue weighted by Gasteiger charge is -2.35. The second-order valence-corrected chi connectivity index (χ2v) is 6.74. The van der Waals surface area contributed by atoms with Crippen LogP contribution in [0.5, 0.6) is 0 Å². The van der Waals surface area contributed by atoms with Gasteiger partial charge in [0.05, 0.1) is 23.4 Å². The summed E-state index contributed by atoms with van der Waals surface area (Å²) in [6.07, 6.45) is 0.228. The summed E-state index contributed by atoms with van der Waals surface area (Å²) in [5.41, 5.74) is 0.979. The SMILES string of the molecule is CC(C)N1CCOC(CNc2ccc(I)cc2Cl)C1. The molecule has 0 aliphatic carbocycles. The van der Waals surface area contributed by atoms with Crippen LogP contribution >= 0.6 is 34.2 Å². The molecule has 5 heteroatoms. The molecule has 1 aromatic rings. The molecule has 1 saturated heterocycles. The predicted molar refractivity (Wildman–Crippen MR) is 89.1 cm³/mol. The lowest BCUT2D eigenvalue weighted by atomic mass is 10.2. The fourth-order valence-corrected chi connectivity index (χ4v) is 3.11. The third-order valence-electron chi connectivity index (χ3n) is 3.35. The van der Waals surface area contributed by atoms with E-state index in [1.807, 2.05) is 12.1 Å². The smallest absolute Gasteiger partial charge is 0.0874 e. The Morgan fingerprint density at radius 1 is 1.53 bits per heavy atom. The van der Waals surface area contributed by atoms with Crippen molar-refractivity contribution in [1.29, 1.82) is 0 Å². The Hall–Kier alpha value is -0.0400. The third kappa shape index (κ3) is 4.48. The highest BCUT2D eigenvalue weighted by atomic mass is 127. The van der Waals surface area contributed by atoms with E-state index in [9.17, 15) is 0 Å². The van der Waals surface area contributed by atoms with Crippen molar-refractivity contribution in [2.24, 2.45) is 0 Å². The number of morpholine rings is 1. The Morgan fingerprint density at radius 2 is 2.32 bits per heavy atom. The molecule has 0 saturated carbocycles. The van der Waals surface area contributed by atoms with E-state index < -0.39 is 0 Å². The number of halogens is 2. The van der Waals surface area contributed by atoms with Crippen molar-refractivity contribution in [2.75, 3.05) is 31.6 Å². The van der Waals surface area contributed by atoms with E-state index in [1.165, 1.54) is 0 Å².